The van der Waals surface area contributed by atoms with Crippen LogP contribution in [-0.2, 0) is 4.84 Å². The summed E-state index contributed by atoms with van der Waals surface area (Å²) in [4.78, 5) is 4.83. The van der Waals surface area contributed by atoms with Gasteiger partial charge in [-0.3, -0.25) is 0 Å². The molecule has 0 fully saturated rings. The van der Waals surface area contributed by atoms with Crippen LogP contribution in [-0.4, -0.2) is 12.8 Å². The van der Waals surface area contributed by atoms with Crippen LogP contribution >= 0.6 is 0 Å². The van der Waals surface area contributed by atoms with Gasteiger partial charge in [-0.05, 0) is 18.9 Å². The summed E-state index contributed by atoms with van der Waals surface area (Å²) in [6.45, 7) is 4.22. The van der Waals surface area contributed by atoms with E-state index in [-0.39, 0.29) is 0 Å². The van der Waals surface area contributed by atoms with E-state index in [2.05, 4.69) is 43.3 Å². The van der Waals surface area contributed by atoms with Crippen molar-refractivity contribution in [2.24, 2.45) is 5.16 Å². The highest BCUT2D eigenvalue weighted by atomic mass is 16.6. The molecule has 0 radical (unpaired) electrons. The number of nitrogens with zero attached hydrogens (tertiary/aromatic N) is 1. The fraction of sp³-hybridized carbons (Fsp3) is 0.417. The minimum Gasteiger partial charge on any atom is -0.399 e. The lowest BCUT2D eigenvalue weighted by Gasteiger charge is -2.04. The normalized spacial score (nSPS) is 11.5. The summed E-state index contributed by atoms with van der Waals surface area (Å²) in [7, 11) is 1.59. The van der Waals surface area contributed by atoms with Crippen molar-refractivity contribution in [2.75, 3.05) is 7.11 Å². The van der Waals surface area contributed by atoms with Gasteiger partial charge in [0, 0.05) is 0 Å². The third-order valence-corrected chi connectivity index (χ3v) is 2.07. The molecular weight excluding hydrogens is 174 g/mol. The predicted octanol–water partition coefficient (Wildman–Crippen LogP) is 3.15. The summed E-state index contributed by atoms with van der Waals surface area (Å²) < 4.78 is 0. The molecule has 0 spiro atoms. The first-order chi connectivity index (χ1) is 6.77. The summed E-state index contributed by atoms with van der Waals surface area (Å²) in [5.74, 6) is 0. The van der Waals surface area contributed by atoms with Crippen LogP contribution in [0.5, 0.6) is 0 Å². The van der Waals surface area contributed by atoms with E-state index in [1.165, 1.54) is 5.56 Å². The lowest BCUT2D eigenvalue weighted by Crippen LogP contribution is -2.00. The maximum atomic E-state index is 4.83. The molecule has 0 aliphatic heterocycles. The van der Waals surface area contributed by atoms with Crippen LogP contribution in [0.4, 0.5) is 0 Å². The number of rotatable bonds is 4. The molecular formula is C12H17NO. The fourth-order valence-electron chi connectivity index (χ4n) is 1.34. The van der Waals surface area contributed by atoms with Gasteiger partial charge in [0.25, 0.3) is 0 Å². The third kappa shape index (κ3) is 2.87. The number of benzene rings is 1. The zero-order chi connectivity index (χ0) is 10.4. The highest BCUT2D eigenvalue weighted by Crippen LogP contribution is 2.08. The second-order valence-electron chi connectivity index (χ2n) is 3.34. The van der Waals surface area contributed by atoms with Crippen LogP contribution in [0.2, 0.25) is 0 Å². The molecule has 0 amide bonds. The summed E-state index contributed by atoms with van der Waals surface area (Å²) in [6.07, 6.45) is 2.03. The van der Waals surface area contributed by atoms with Crippen LogP contribution < -0.4 is 0 Å². The minimum atomic E-state index is 0.955. The second kappa shape index (κ2) is 5.43. The molecule has 0 N–H and O–H groups in total. The van der Waals surface area contributed by atoms with E-state index < -0.39 is 0 Å². The molecule has 14 heavy (non-hydrogen) atoms. The van der Waals surface area contributed by atoms with Gasteiger partial charge in [-0.15, -0.1) is 0 Å². The van der Waals surface area contributed by atoms with E-state index >= 15 is 0 Å². The Balaban J connectivity index is 2.88. The maximum absolute atomic E-state index is 4.83. The van der Waals surface area contributed by atoms with E-state index in [0.29, 0.717) is 0 Å². The summed E-state index contributed by atoms with van der Waals surface area (Å²) in [5, 5.41) is 4.03. The zero-order valence-corrected chi connectivity index (χ0v) is 9.08. The smallest absolute Gasteiger partial charge is 0.106 e. The SMILES string of the molecule is CCC/C(=N\OC)c1ccc(C)cc1. The molecule has 0 saturated heterocycles. The molecule has 2 nitrogen and oxygen atoms in total. The number of hydrogen-bond acceptors (Lipinski definition) is 2. The summed E-state index contributed by atoms with van der Waals surface area (Å²) in [6, 6.07) is 8.36. The van der Waals surface area contributed by atoms with Crippen LogP contribution in [0.1, 0.15) is 30.9 Å². The van der Waals surface area contributed by atoms with Gasteiger partial charge in [-0.2, -0.15) is 0 Å². The fourth-order valence-corrected chi connectivity index (χ4v) is 1.34. The average Bonchev–Trinajstić information content (AvgIpc) is 2.19. The summed E-state index contributed by atoms with van der Waals surface area (Å²) >= 11 is 0. The van der Waals surface area contributed by atoms with Gasteiger partial charge in [0.1, 0.15) is 7.11 Å². The highest BCUT2D eigenvalue weighted by molar-refractivity contribution is 6.00. The number of aryl methyl sites for hydroxylation is 1. The van der Waals surface area contributed by atoms with Crippen molar-refractivity contribution >= 4 is 5.71 Å². The highest BCUT2D eigenvalue weighted by Gasteiger charge is 2.02. The Morgan fingerprint density at radius 1 is 1.29 bits per heavy atom. The monoisotopic (exact) mass is 191 g/mol. The van der Waals surface area contributed by atoms with Gasteiger partial charge in [-0.25, -0.2) is 0 Å². The Hall–Kier alpha value is -1.31. The third-order valence-electron chi connectivity index (χ3n) is 2.07. The van der Waals surface area contributed by atoms with Gasteiger partial charge in [-0.1, -0.05) is 48.3 Å². The maximum Gasteiger partial charge on any atom is 0.106 e. The molecule has 0 unspecified atom stereocenters. The first-order valence-electron chi connectivity index (χ1n) is 4.95. The van der Waals surface area contributed by atoms with Crippen molar-refractivity contribution < 1.29 is 4.84 Å². The predicted molar refractivity (Wildman–Crippen MR) is 59.6 cm³/mol. The number of hydrogen-bond donors (Lipinski definition) is 0. The van der Waals surface area contributed by atoms with E-state index in [0.717, 1.165) is 24.1 Å². The van der Waals surface area contributed by atoms with Crippen molar-refractivity contribution in [1.29, 1.82) is 0 Å². The van der Waals surface area contributed by atoms with E-state index in [1.807, 2.05) is 0 Å². The van der Waals surface area contributed by atoms with Crippen molar-refractivity contribution in [2.45, 2.75) is 26.7 Å². The topological polar surface area (TPSA) is 21.6 Å². The lowest BCUT2D eigenvalue weighted by molar-refractivity contribution is 0.213. The lowest BCUT2D eigenvalue weighted by atomic mass is 10.0. The standard InChI is InChI=1S/C12H17NO/c1-4-5-12(13-14-3)11-8-6-10(2)7-9-11/h6-9H,4-5H2,1-3H3/b13-12+. The van der Waals surface area contributed by atoms with Gasteiger partial charge >= 0.3 is 0 Å². The van der Waals surface area contributed by atoms with Crippen LogP contribution in [0.25, 0.3) is 0 Å². The molecule has 2 heteroatoms. The van der Waals surface area contributed by atoms with E-state index in [1.54, 1.807) is 7.11 Å². The van der Waals surface area contributed by atoms with Crippen LogP contribution in [0.15, 0.2) is 29.4 Å². The molecule has 1 aromatic rings. The zero-order valence-electron chi connectivity index (χ0n) is 9.08. The molecule has 0 heterocycles. The van der Waals surface area contributed by atoms with Gasteiger partial charge in [0.05, 0.1) is 5.71 Å². The quantitative estimate of drug-likeness (QED) is 0.529. The average molecular weight is 191 g/mol. The number of oxime groups is 1. The molecule has 0 atom stereocenters. The first-order valence-corrected chi connectivity index (χ1v) is 4.95. The first kappa shape index (κ1) is 10.8. The van der Waals surface area contributed by atoms with Crippen molar-refractivity contribution in [3.8, 4) is 0 Å². The van der Waals surface area contributed by atoms with Gasteiger partial charge < -0.3 is 4.84 Å². The Morgan fingerprint density at radius 3 is 2.43 bits per heavy atom. The largest absolute Gasteiger partial charge is 0.399 e. The van der Waals surface area contributed by atoms with Crippen LogP contribution in [0.3, 0.4) is 0 Å². The Morgan fingerprint density at radius 2 is 1.93 bits per heavy atom. The molecule has 0 saturated carbocycles. The molecule has 76 valence electrons. The molecule has 0 bridgehead atoms. The van der Waals surface area contributed by atoms with Crippen LogP contribution in [0, 0.1) is 6.92 Å². The van der Waals surface area contributed by atoms with Crippen molar-refractivity contribution in [1.82, 2.24) is 0 Å². The van der Waals surface area contributed by atoms with Gasteiger partial charge in [0.15, 0.2) is 0 Å². The van der Waals surface area contributed by atoms with Crippen molar-refractivity contribution in [3.63, 3.8) is 0 Å². The minimum absolute atomic E-state index is 0.955. The Labute approximate surface area is 85.6 Å². The Kier molecular flexibility index (Phi) is 4.17. The van der Waals surface area contributed by atoms with Crippen molar-refractivity contribution in [3.05, 3.63) is 35.4 Å². The second-order valence-corrected chi connectivity index (χ2v) is 3.34. The Bertz CT molecular complexity index is 301. The molecule has 0 aliphatic carbocycles. The van der Waals surface area contributed by atoms with E-state index in [4.69, 9.17) is 4.84 Å². The van der Waals surface area contributed by atoms with Gasteiger partial charge in [0.2, 0.25) is 0 Å². The summed E-state index contributed by atoms with van der Waals surface area (Å²) in [5.41, 5.74) is 3.44. The van der Waals surface area contributed by atoms with E-state index in [9.17, 15) is 0 Å². The molecule has 0 aromatic heterocycles. The molecule has 1 aromatic carbocycles. The molecule has 1 rings (SSSR count). The molecule has 0 aliphatic rings.